The highest BCUT2D eigenvalue weighted by Crippen LogP contribution is 2.03. The Kier molecular flexibility index (Phi) is 14.6. The smallest absolute Gasteiger partial charge is 0.305 e. The summed E-state index contributed by atoms with van der Waals surface area (Å²) in [5, 5.41) is 19.1. The quantitative estimate of drug-likeness (QED) is 0.123. The van der Waals surface area contributed by atoms with Gasteiger partial charge >= 0.3 is 5.97 Å². The minimum Gasteiger partial charge on any atom is -0.481 e. The van der Waals surface area contributed by atoms with Gasteiger partial charge in [-0.1, -0.05) is 20.3 Å². The van der Waals surface area contributed by atoms with E-state index in [4.69, 9.17) is 10.8 Å². The van der Waals surface area contributed by atoms with Crippen LogP contribution in [-0.4, -0.2) is 66.3 Å². The summed E-state index contributed by atoms with van der Waals surface area (Å²) in [5.74, 6) is -1.85. The number of hydrogen-bond donors (Lipinski definition) is 6. The van der Waals surface area contributed by atoms with E-state index in [1.165, 1.54) is 5.94 Å². The zero-order valence-electron chi connectivity index (χ0n) is 17.6. The van der Waals surface area contributed by atoms with E-state index < -0.39 is 42.1 Å². The normalized spacial score (nSPS) is 12.2. The number of carboxylic acids is 1. The van der Waals surface area contributed by atoms with Crippen LogP contribution in [0, 0.1) is 0 Å². The molecule has 0 aliphatic heterocycles. The van der Waals surface area contributed by atoms with Gasteiger partial charge in [0.2, 0.25) is 11.8 Å². The van der Waals surface area contributed by atoms with E-state index in [-0.39, 0.29) is 12.3 Å². The average Bonchev–Trinajstić information content (AvgIpc) is 2.69. The molecule has 0 fully saturated rings. The molecular weight excluding hydrogens is 394 g/mol. The number of hydrogen-bond acceptors (Lipinski definition) is 8. The molecule has 2 atom stereocenters. The largest absolute Gasteiger partial charge is 0.481 e. The van der Waals surface area contributed by atoms with Crippen LogP contribution in [0.4, 0.5) is 0 Å². The Morgan fingerprint density at radius 1 is 1.07 bits per heavy atom. The zero-order valence-corrected chi connectivity index (χ0v) is 17.6. The summed E-state index contributed by atoms with van der Waals surface area (Å²) in [6.45, 7) is 4.45. The van der Waals surface area contributed by atoms with Gasteiger partial charge in [0.05, 0.1) is 19.0 Å². The van der Waals surface area contributed by atoms with Gasteiger partial charge in [0.1, 0.15) is 6.04 Å². The molecule has 0 aliphatic rings. The SMILES string of the molecule is CCCC(=O)CNC(=C=O)NC(=O)C(CC(=O)O)NC(=O)C(CCCCN)NCC. The third-order valence-electron chi connectivity index (χ3n) is 4.07. The molecule has 0 bridgehead atoms. The minimum atomic E-state index is -1.41. The number of amides is 2. The van der Waals surface area contributed by atoms with Gasteiger partial charge in [0.15, 0.2) is 17.5 Å². The van der Waals surface area contributed by atoms with Crippen molar-refractivity contribution in [1.82, 2.24) is 21.3 Å². The van der Waals surface area contributed by atoms with Crippen molar-refractivity contribution < 1.29 is 29.1 Å². The third kappa shape index (κ3) is 11.9. The summed E-state index contributed by atoms with van der Waals surface area (Å²) in [6.07, 6.45) is 2.15. The van der Waals surface area contributed by atoms with E-state index in [0.29, 0.717) is 38.8 Å². The van der Waals surface area contributed by atoms with Gasteiger partial charge in [0.25, 0.3) is 0 Å². The van der Waals surface area contributed by atoms with Crippen molar-refractivity contribution in [3.63, 3.8) is 0 Å². The number of nitrogens with one attached hydrogen (secondary N) is 4. The van der Waals surface area contributed by atoms with Gasteiger partial charge < -0.3 is 32.1 Å². The number of carbonyl (C=O) groups is 4. The Hall–Kier alpha value is -2.75. The summed E-state index contributed by atoms with van der Waals surface area (Å²) in [5.41, 5.74) is 5.46. The third-order valence-corrected chi connectivity index (χ3v) is 4.07. The van der Waals surface area contributed by atoms with Crippen LogP contribution in [0.2, 0.25) is 0 Å². The van der Waals surface area contributed by atoms with Crippen molar-refractivity contribution in [3.05, 3.63) is 5.82 Å². The van der Waals surface area contributed by atoms with Gasteiger partial charge in [-0.2, -0.15) is 0 Å². The van der Waals surface area contributed by atoms with Crippen LogP contribution in [0.1, 0.15) is 52.4 Å². The fraction of sp³-hybridized carbons (Fsp3) is 0.684. The second kappa shape index (κ2) is 16.1. The Morgan fingerprint density at radius 3 is 2.30 bits per heavy atom. The maximum Gasteiger partial charge on any atom is 0.305 e. The molecule has 11 nitrogen and oxygen atoms in total. The lowest BCUT2D eigenvalue weighted by Crippen LogP contribution is -2.54. The molecular formula is C19H33N5O6. The number of nitrogens with two attached hydrogens (primary N) is 1. The van der Waals surface area contributed by atoms with Crippen LogP contribution < -0.4 is 27.0 Å². The van der Waals surface area contributed by atoms with E-state index in [9.17, 15) is 24.0 Å². The monoisotopic (exact) mass is 427 g/mol. The van der Waals surface area contributed by atoms with Crippen molar-refractivity contribution in [3.8, 4) is 0 Å². The molecule has 0 aromatic carbocycles. The molecule has 0 spiro atoms. The molecule has 0 aliphatic carbocycles. The molecule has 2 amide bonds. The second-order valence-electron chi connectivity index (χ2n) is 6.66. The van der Waals surface area contributed by atoms with Crippen molar-refractivity contribution in [2.75, 3.05) is 19.6 Å². The molecule has 11 heteroatoms. The topological polar surface area (TPSA) is 180 Å². The highest BCUT2D eigenvalue weighted by Gasteiger charge is 2.27. The maximum absolute atomic E-state index is 12.5. The first kappa shape index (κ1) is 27.2. The molecule has 0 aromatic rings. The molecule has 0 heterocycles. The van der Waals surface area contributed by atoms with Gasteiger partial charge in [-0.05, 0) is 32.4 Å². The number of rotatable bonds is 17. The van der Waals surface area contributed by atoms with E-state index in [0.717, 1.165) is 6.42 Å². The van der Waals surface area contributed by atoms with Crippen LogP contribution in [-0.2, 0) is 24.0 Å². The van der Waals surface area contributed by atoms with Crippen molar-refractivity contribution in [1.29, 1.82) is 0 Å². The first-order valence-electron chi connectivity index (χ1n) is 10.1. The number of aliphatic carboxylic acids is 1. The van der Waals surface area contributed by atoms with Crippen LogP contribution in [0.15, 0.2) is 5.82 Å². The second-order valence-corrected chi connectivity index (χ2v) is 6.66. The Bertz CT molecular complexity index is 633. The van der Waals surface area contributed by atoms with Crippen molar-refractivity contribution >= 4 is 29.5 Å². The Balaban J connectivity index is 5.07. The predicted molar refractivity (Wildman–Crippen MR) is 110 cm³/mol. The van der Waals surface area contributed by atoms with Gasteiger partial charge in [0, 0.05) is 6.42 Å². The molecule has 170 valence electrons. The van der Waals surface area contributed by atoms with Crippen LogP contribution >= 0.6 is 0 Å². The number of Topliss-reactive ketones (excluding diaryl/α,β-unsaturated/α-hetero) is 1. The summed E-state index contributed by atoms with van der Waals surface area (Å²) >= 11 is 0. The summed E-state index contributed by atoms with van der Waals surface area (Å²) < 4.78 is 0. The molecule has 30 heavy (non-hydrogen) atoms. The molecule has 0 saturated heterocycles. The summed E-state index contributed by atoms with van der Waals surface area (Å²) in [4.78, 5) is 58.7. The molecule has 0 radical (unpaired) electrons. The highest BCUT2D eigenvalue weighted by molar-refractivity contribution is 5.93. The Morgan fingerprint density at radius 2 is 1.77 bits per heavy atom. The zero-order chi connectivity index (χ0) is 22.9. The molecule has 7 N–H and O–H groups in total. The first-order chi connectivity index (χ1) is 14.3. The van der Waals surface area contributed by atoms with E-state index in [1.54, 1.807) is 0 Å². The number of ketones is 1. The highest BCUT2D eigenvalue weighted by atomic mass is 16.4. The van der Waals surface area contributed by atoms with Crippen LogP contribution in [0.5, 0.6) is 0 Å². The lowest BCUT2D eigenvalue weighted by atomic mass is 10.1. The number of unbranched alkanes of at least 4 members (excludes halogenated alkanes) is 1. The van der Waals surface area contributed by atoms with Gasteiger partial charge in [-0.15, -0.1) is 0 Å². The van der Waals surface area contributed by atoms with E-state index >= 15 is 0 Å². The fourth-order valence-electron chi connectivity index (χ4n) is 2.59. The molecule has 0 aromatic heterocycles. The minimum absolute atomic E-state index is 0.166. The van der Waals surface area contributed by atoms with Gasteiger partial charge in [-0.3, -0.25) is 19.2 Å². The number of likely N-dealkylation sites (N-methyl/N-ethyl adjacent to an activating group) is 1. The maximum atomic E-state index is 12.5. The predicted octanol–water partition coefficient (Wildman–Crippen LogP) is -1.20. The number of carbonyl (C=O) groups excluding carboxylic acids is 4. The van der Waals surface area contributed by atoms with Crippen LogP contribution in [0.3, 0.4) is 0 Å². The lowest BCUT2D eigenvalue weighted by Gasteiger charge is -2.22. The fourth-order valence-corrected chi connectivity index (χ4v) is 2.59. The average molecular weight is 428 g/mol. The molecule has 2 unspecified atom stereocenters. The standard InChI is InChI=1S/C19H33N5O6/c1-3-7-13(26)11-22-16(12-25)24-19(30)15(10-17(27)28)23-18(29)14(21-4-2)8-5-6-9-20/h14-15,21-22H,3-11,20H2,1-2H3,(H,23,29)(H,24,30)(H,27,28). The number of carboxylic acid groups (broad SMARTS) is 1. The summed E-state index contributed by atoms with van der Waals surface area (Å²) in [6, 6.07) is -2.03. The molecule has 0 rings (SSSR count). The summed E-state index contributed by atoms with van der Waals surface area (Å²) in [7, 11) is 0. The van der Waals surface area contributed by atoms with Crippen LogP contribution in [0.25, 0.3) is 0 Å². The van der Waals surface area contributed by atoms with E-state index in [1.807, 2.05) is 13.8 Å². The van der Waals surface area contributed by atoms with Crippen molar-refractivity contribution in [2.24, 2.45) is 5.73 Å². The Labute approximate surface area is 176 Å². The van der Waals surface area contributed by atoms with Crippen molar-refractivity contribution in [2.45, 2.75) is 64.5 Å². The van der Waals surface area contributed by atoms with E-state index in [2.05, 4.69) is 21.3 Å². The first-order valence-corrected chi connectivity index (χ1v) is 10.1. The van der Waals surface area contributed by atoms with Gasteiger partial charge in [-0.25, -0.2) is 4.79 Å². The lowest BCUT2D eigenvalue weighted by molar-refractivity contribution is -0.140. The molecule has 0 saturated carbocycles.